The number of hydrogen-bond donors (Lipinski definition) is 1. The number of nitrogens with zero attached hydrogens (tertiary/aromatic N) is 2. The van der Waals surface area contributed by atoms with Crippen molar-refractivity contribution in [3.05, 3.63) is 29.8 Å². The van der Waals surface area contributed by atoms with Crippen molar-refractivity contribution < 1.29 is 13.0 Å². The summed E-state index contributed by atoms with van der Waals surface area (Å²) in [5.74, 6) is 0. The zero-order chi connectivity index (χ0) is 11.6. The van der Waals surface area contributed by atoms with Crippen molar-refractivity contribution >= 4 is 16.0 Å². The molecule has 84 valence electrons. The van der Waals surface area contributed by atoms with Gasteiger partial charge in [-0.15, -0.1) is 0 Å². The van der Waals surface area contributed by atoms with Crippen molar-refractivity contribution in [2.45, 2.75) is 6.92 Å². The Bertz CT molecular complexity index is 442. The predicted molar refractivity (Wildman–Crippen MR) is 58.9 cm³/mol. The molecule has 0 heterocycles. The molecule has 0 saturated heterocycles. The van der Waals surface area contributed by atoms with Crippen molar-refractivity contribution in [1.29, 1.82) is 0 Å². The topological polar surface area (TPSA) is 60.9 Å². The Hall–Kier alpha value is -1.11. The van der Waals surface area contributed by atoms with Gasteiger partial charge >= 0.3 is 10.3 Å². The number of hydrogen-bond acceptors (Lipinski definition) is 3. The van der Waals surface area contributed by atoms with Crippen LogP contribution in [0.4, 0.5) is 5.69 Å². The molecule has 15 heavy (non-hydrogen) atoms. The summed E-state index contributed by atoms with van der Waals surface area (Å²) in [5, 5.41) is 1.30. The van der Waals surface area contributed by atoms with E-state index in [2.05, 4.69) is 0 Å². The van der Waals surface area contributed by atoms with E-state index in [1.165, 1.54) is 5.01 Å². The van der Waals surface area contributed by atoms with Gasteiger partial charge in [0.25, 0.3) is 0 Å². The maximum absolute atomic E-state index is 11.2. The molecule has 0 fully saturated rings. The van der Waals surface area contributed by atoms with Gasteiger partial charge in [0.2, 0.25) is 0 Å². The quantitative estimate of drug-likeness (QED) is 0.623. The fraction of sp³-hybridized carbons (Fsp3) is 0.333. The molecular weight excluding hydrogens is 216 g/mol. The van der Waals surface area contributed by atoms with Crippen LogP contribution in [0.25, 0.3) is 0 Å². The molecule has 0 saturated carbocycles. The molecule has 5 nitrogen and oxygen atoms in total. The number of para-hydroxylation sites is 1. The number of aryl methyl sites for hydroxylation is 1. The first-order chi connectivity index (χ1) is 6.84. The molecular formula is C9H14N2O3S. The van der Waals surface area contributed by atoms with Gasteiger partial charge in [-0.3, -0.25) is 4.55 Å². The molecule has 1 aromatic rings. The summed E-state index contributed by atoms with van der Waals surface area (Å²) in [4.78, 5) is 0. The standard InChI is InChI=1S/C9H14N2O3S/c1-8-6-4-5-7-9(8)11(10(2)3)15(12,13)14/h4-7H,1-3H3,(H,12,13,14). The summed E-state index contributed by atoms with van der Waals surface area (Å²) >= 11 is 0. The van der Waals surface area contributed by atoms with Crippen molar-refractivity contribution in [1.82, 2.24) is 5.01 Å². The van der Waals surface area contributed by atoms with Gasteiger partial charge in [-0.05, 0) is 18.6 Å². The smallest absolute Gasteiger partial charge is 0.268 e. The van der Waals surface area contributed by atoms with E-state index in [9.17, 15) is 8.42 Å². The van der Waals surface area contributed by atoms with Crippen LogP contribution in [0.2, 0.25) is 0 Å². The average molecular weight is 230 g/mol. The van der Waals surface area contributed by atoms with Crippen LogP contribution < -0.4 is 4.41 Å². The third-order valence-corrected chi connectivity index (χ3v) is 2.86. The Morgan fingerprint density at radius 1 is 1.20 bits per heavy atom. The fourth-order valence-electron chi connectivity index (χ4n) is 1.32. The molecule has 0 atom stereocenters. The highest BCUT2D eigenvalue weighted by Crippen LogP contribution is 2.22. The molecule has 0 radical (unpaired) electrons. The summed E-state index contributed by atoms with van der Waals surface area (Å²) < 4.78 is 32.2. The van der Waals surface area contributed by atoms with Crippen molar-refractivity contribution in [3.8, 4) is 0 Å². The van der Waals surface area contributed by atoms with Gasteiger partial charge in [-0.1, -0.05) is 18.2 Å². The maximum atomic E-state index is 11.2. The lowest BCUT2D eigenvalue weighted by Gasteiger charge is -2.28. The van der Waals surface area contributed by atoms with Gasteiger partial charge in [0.1, 0.15) is 0 Å². The Balaban J connectivity index is 3.29. The van der Waals surface area contributed by atoms with E-state index in [1.807, 2.05) is 0 Å². The molecule has 1 aromatic carbocycles. The molecule has 1 rings (SSSR count). The zero-order valence-corrected chi connectivity index (χ0v) is 9.69. The van der Waals surface area contributed by atoms with Crippen LogP contribution in [0.15, 0.2) is 24.3 Å². The van der Waals surface area contributed by atoms with E-state index in [1.54, 1.807) is 45.3 Å². The first-order valence-corrected chi connectivity index (χ1v) is 5.74. The zero-order valence-electron chi connectivity index (χ0n) is 8.88. The highest BCUT2D eigenvalue weighted by Gasteiger charge is 2.23. The third kappa shape index (κ3) is 2.68. The lowest BCUT2D eigenvalue weighted by molar-refractivity contribution is 0.388. The van der Waals surface area contributed by atoms with Crippen molar-refractivity contribution in [2.24, 2.45) is 0 Å². The van der Waals surface area contributed by atoms with Gasteiger partial charge in [0.05, 0.1) is 5.69 Å². The molecule has 0 aliphatic heterocycles. The van der Waals surface area contributed by atoms with Gasteiger partial charge in [0, 0.05) is 14.1 Å². The summed E-state index contributed by atoms with van der Waals surface area (Å²) in [6.45, 7) is 1.77. The van der Waals surface area contributed by atoms with E-state index in [0.717, 1.165) is 9.98 Å². The van der Waals surface area contributed by atoms with Crippen LogP contribution in [-0.4, -0.2) is 32.1 Å². The number of anilines is 1. The van der Waals surface area contributed by atoms with E-state index in [4.69, 9.17) is 4.55 Å². The van der Waals surface area contributed by atoms with E-state index < -0.39 is 10.3 Å². The Morgan fingerprint density at radius 3 is 2.13 bits per heavy atom. The molecule has 0 amide bonds. The molecule has 0 aromatic heterocycles. The van der Waals surface area contributed by atoms with E-state index in [0.29, 0.717) is 5.69 Å². The second-order valence-electron chi connectivity index (χ2n) is 3.35. The lowest BCUT2D eigenvalue weighted by atomic mass is 10.2. The summed E-state index contributed by atoms with van der Waals surface area (Å²) in [6, 6.07) is 6.92. The minimum absolute atomic E-state index is 0.435. The van der Waals surface area contributed by atoms with Crippen LogP contribution >= 0.6 is 0 Å². The van der Waals surface area contributed by atoms with Gasteiger partial charge in [0.15, 0.2) is 0 Å². The third-order valence-electron chi connectivity index (χ3n) is 1.90. The number of hydrazine groups is 1. The van der Waals surface area contributed by atoms with E-state index in [-0.39, 0.29) is 0 Å². The Labute approximate surface area is 89.8 Å². The average Bonchev–Trinajstić information content (AvgIpc) is 2.05. The van der Waals surface area contributed by atoms with Crippen LogP contribution in [0, 0.1) is 6.92 Å². The Morgan fingerprint density at radius 2 is 1.73 bits per heavy atom. The minimum atomic E-state index is -4.28. The number of rotatable bonds is 3. The second kappa shape index (κ2) is 4.18. The van der Waals surface area contributed by atoms with Crippen LogP contribution in [0.1, 0.15) is 5.56 Å². The van der Waals surface area contributed by atoms with Crippen LogP contribution in [0.5, 0.6) is 0 Å². The molecule has 1 N–H and O–H groups in total. The summed E-state index contributed by atoms with van der Waals surface area (Å²) in [5.41, 5.74) is 1.20. The molecule has 0 unspecified atom stereocenters. The predicted octanol–water partition coefficient (Wildman–Crippen LogP) is 1.08. The largest absolute Gasteiger partial charge is 0.373 e. The van der Waals surface area contributed by atoms with Crippen molar-refractivity contribution in [2.75, 3.05) is 18.5 Å². The van der Waals surface area contributed by atoms with Crippen molar-refractivity contribution in [3.63, 3.8) is 0 Å². The maximum Gasteiger partial charge on any atom is 0.373 e. The fourth-order valence-corrected chi connectivity index (χ4v) is 2.19. The minimum Gasteiger partial charge on any atom is -0.268 e. The highest BCUT2D eigenvalue weighted by atomic mass is 32.2. The van der Waals surface area contributed by atoms with Gasteiger partial charge in [-0.25, -0.2) is 5.01 Å². The first kappa shape index (κ1) is 12.0. The lowest BCUT2D eigenvalue weighted by Crippen LogP contribution is -2.42. The normalized spacial score (nSPS) is 11.8. The van der Waals surface area contributed by atoms with Crippen LogP contribution in [0.3, 0.4) is 0 Å². The monoisotopic (exact) mass is 230 g/mol. The molecule has 6 heteroatoms. The molecule has 0 bridgehead atoms. The highest BCUT2D eigenvalue weighted by molar-refractivity contribution is 7.87. The van der Waals surface area contributed by atoms with Crippen LogP contribution in [-0.2, 0) is 10.3 Å². The second-order valence-corrected chi connectivity index (χ2v) is 4.60. The first-order valence-electron chi connectivity index (χ1n) is 4.34. The van der Waals surface area contributed by atoms with Gasteiger partial charge in [-0.2, -0.15) is 12.8 Å². The molecule has 0 spiro atoms. The molecule has 0 aliphatic rings. The summed E-state index contributed by atoms with van der Waals surface area (Å²) in [6.07, 6.45) is 0. The number of benzene rings is 1. The summed E-state index contributed by atoms with van der Waals surface area (Å²) in [7, 11) is -1.20. The Kier molecular flexibility index (Phi) is 3.33. The van der Waals surface area contributed by atoms with E-state index >= 15 is 0 Å². The van der Waals surface area contributed by atoms with Gasteiger partial charge < -0.3 is 0 Å². The molecule has 0 aliphatic carbocycles. The SMILES string of the molecule is Cc1ccccc1N(N(C)C)S(=O)(=O)O.